The molecule has 1 heterocycles. The predicted molar refractivity (Wildman–Crippen MR) is 107 cm³/mol. The molecule has 0 saturated heterocycles. The van der Waals surface area contributed by atoms with Gasteiger partial charge in [-0.05, 0) is 17.5 Å². The van der Waals surface area contributed by atoms with Gasteiger partial charge < -0.3 is 4.57 Å². The van der Waals surface area contributed by atoms with Crippen LogP contribution in [-0.2, 0) is 30.5 Å². The standard InChI is InChI=1S/C20H21N3O4S/c1-22-14-18(19(24)23(2)20(22)25)28(26,27)21-17(16-11-7-4-8-12-16)13-15-9-5-3-6-10-15/h3-12,14,17,21H,13H2,1-2H3/t17-/m1/s1. The molecule has 28 heavy (non-hydrogen) atoms. The number of nitrogens with zero attached hydrogens (tertiary/aromatic N) is 2. The summed E-state index contributed by atoms with van der Waals surface area (Å²) >= 11 is 0. The third-order valence-electron chi connectivity index (χ3n) is 4.49. The maximum Gasteiger partial charge on any atom is 0.330 e. The first-order chi connectivity index (χ1) is 13.3. The number of sulfonamides is 1. The summed E-state index contributed by atoms with van der Waals surface area (Å²) in [5.74, 6) is 0. The lowest BCUT2D eigenvalue weighted by Crippen LogP contribution is -2.42. The quantitative estimate of drug-likeness (QED) is 0.677. The summed E-state index contributed by atoms with van der Waals surface area (Å²) < 4.78 is 30.5. The Kier molecular flexibility index (Phi) is 5.62. The first-order valence-electron chi connectivity index (χ1n) is 8.67. The van der Waals surface area contributed by atoms with Crippen LogP contribution >= 0.6 is 0 Å². The van der Waals surface area contributed by atoms with Gasteiger partial charge in [-0.2, -0.15) is 0 Å². The monoisotopic (exact) mass is 399 g/mol. The second kappa shape index (κ2) is 7.95. The Labute approximate surface area is 162 Å². The lowest BCUT2D eigenvalue weighted by atomic mass is 10.00. The summed E-state index contributed by atoms with van der Waals surface area (Å²) in [4.78, 5) is 23.8. The van der Waals surface area contributed by atoms with Gasteiger partial charge in [-0.15, -0.1) is 0 Å². The van der Waals surface area contributed by atoms with Gasteiger partial charge in [0.25, 0.3) is 5.56 Å². The van der Waals surface area contributed by atoms with Crippen LogP contribution in [0.25, 0.3) is 0 Å². The van der Waals surface area contributed by atoms with E-state index < -0.39 is 32.2 Å². The van der Waals surface area contributed by atoms with E-state index in [1.807, 2.05) is 60.7 Å². The topological polar surface area (TPSA) is 90.2 Å². The number of hydrogen-bond acceptors (Lipinski definition) is 4. The molecule has 0 bridgehead atoms. The molecular formula is C20H21N3O4S. The van der Waals surface area contributed by atoms with Crippen molar-refractivity contribution in [2.75, 3.05) is 0 Å². The number of rotatable bonds is 6. The molecule has 0 aliphatic heterocycles. The molecular weight excluding hydrogens is 378 g/mol. The minimum Gasteiger partial charge on any atom is -0.302 e. The van der Waals surface area contributed by atoms with Crippen LogP contribution in [0.3, 0.4) is 0 Å². The Bertz CT molecular complexity index is 1180. The van der Waals surface area contributed by atoms with Crippen LogP contribution in [-0.4, -0.2) is 17.6 Å². The highest BCUT2D eigenvalue weighted by Gasteiger charge is 2.26. The lowest BCUT2D eigenvalue weighted by molar-refractivity contribution is 0.547. The van der Waals surface area contributed by atoms with Crippen molar-refractivity contribution < 1.29 is 8.42 Å². The average molecular weight is 399 g/mol. The molecule has 0 radical (unpaired) electrons. The van der Waals surface area contributed by atoms with Gasteiger partial charge in [0.2, 0.25) is 10.0 Å². The van der Waals surface area contributed by atoms with Crippen LogP contribution in [0.5, 0.6) is 0 Å². The van der Waals surface area contributed by atoms with E-state index in [1.54, 1.807) is 0 Å². The van der Waals surface area contributed by atoms with Gasteiger partial charge in [0, 0.05) is 20.3 Å². The Morgan fingerprint density at radius 1 is 0.929 bits per heavy atom. The third-order valence-corrected chi connectivity index (χ3v) is 5.94. The maximum atomic E-state index is 13.0. The number of nitrogens with one attached hydrogen (secondary N) is 1. The number of aryl methyl sites for hydroxylation is 1. The van der Waals surface area contributed by atoms with Crippen molar-refractivity contribution in [3.8, 4) is 0 Å². The van der Waals surface area contributed by atoms with Crippen LogP contribution in [0.15, 0.2) is 81.3 Å². The van der Waals surface area contributed by atoms with E-state index in [2.05, 4.69) is 4.72 Å². The van der Waals surface area contributed by atoms with Gasteiger partial charge in [0.1, 0.15) is 0 Å². The molecule has 0 saturated carbocycles. The first kappa shape index (κ1) is 19.8. The lowest BCUT2D eigenvalue weighted by Gasteiger charge is -2.20. The SMILES string of the molecule is Cn1cc(S(=O)(=O)N[C@H](Cc2ccccc2)c2ccccc2)c(=O)n(C)c1=O. The minimum absolute atomic E-state index is 0.413. The minimum atomic E-state index is -4.16. The van der Waals surface area contributed by atoms with E-state index in [1.165, 1.54) is 14.1 Å². The van der Waals surface area contributed by atoms with Crippen LogP contribution in [0.4, 0.5) is 0 Å². The van der Waals surface area contributed by atoms with Crippen molar-refractivity contribution in [2.45, 2.75) is 17.4 Å². The Morgan fingerprint density at radius 2 is 1.50 bits per heavy atom. The van der Waals surface area contributed by atoms with Gasteiger partial charge in [0.05, 0.1) is 6.04 Å². The summed E-state index contributed by atoms with van der Waals surface area (Å²) in [7, 11) is -1.51. The molecule has 0 unspecified atom stereocenters. The molecule has 1 N–H and O–H groups in total. The molecule has 7 nitrogen and oxygen atoms in total. The maximum absolute atomic E-state index is 13.0. The molecule has 0 amide bonds. The molecule has 1 atom stereocenters. The Balaban J connectivity index is 2.03. The van der Waals surface area contributed by atoms with Gasteiger partial charge in [-0.25, -0.2) is 17.9 Å². The van der Waals surface area contributed by atoms with Gasteiger partial charge in [-0.1, -0.05) is 60.7 Å². The van der Waals surface area contributed by atoms with Crippen molar-refractivity contribution in [1.29, 1.82) is 0 Å². The Hall–Kier alpha value is -2.97. The molecule has 0 fully saturated rings. The van der Waals surface area contributed by atoms with E-state index in [9.17, 15) is 18.0 Å². The first-order valence-corrected chi connectivity index (χ1v) is 10.2. The zero-order valence-electron chi connectivity index (χ0n) is 15.6. The summed E-state index contributed by atoms with van der Waals surface area (Å²) in [5.41, 5.74) is 0.277. The van der Waals surface area contributed by atoms with E-state index in [0.717, 1.165) is 26.5 Å². The summed E-state index contributed by atoms with van der Waals surface area (Å²) in [6, 6.07) is 18.1. The van der Waals surface area contributed by atoms with Gasteiger partial charge in [0.15, 0.2) is 4.90 Å². The zero-order valence-corrected chi connectivity index (χ0v) is 16.4. The fourth-order valence-electron chi connectivity index (χ4n) is 2.97. The second-order valence-corrected chi connectivity index (χ2v) is 8.21. The van der Waals surface area contributed by atoms with Crippen LogP contribution < -0.4 is 16.0 Å². The molecule has 3 aromatic rings. The molecule has 0 aliphatic rings. The molecule has 0 spiro atoms. The van der Waals surface area contributed by atoms with Crippen molar-refractivity contribution in [3.63, 3.8) is 0 Å². The van der Waals surface area contributed by atoms with E-state index in [4.69, 9.17) is 0 Å². The Morgan fingerprint density at radius 3 is 2.11 bits per heavy atom. The predicted octanol–water partition coefficient (Wildman–Crippen LogP) is 1.35. The smallest absolute Gasteiger partial charge is 0.302 e. The summed E-state index contributed by atoms with van der Waals surface area (Å²) in [6.07, 6.45) is 1.47. The van der Waals surface area contributed by atoms with E-state index in [0.29, 0.717) is 6.42 Å². The molecule has 3 rings (SSSR count). The summed E-state index contributed by atoms with van der Waals surface area (Å²) in [6.45, 7) is 0. The van der Waals surface area contributed by atoms with Crippen molar-refractivity contribution in [1.82, 2.24) is 13.9 Å². The average Bonchev–Trinajstić information content (AvgIpc) is 2.70. The zero-order chi connectivity index (χ0) is 20.3. The second-order valence-electron chi connectivity index (χ2n) is 6.53. The van der Waals surface area contributed by atoms with Crippen molar-refractivity contribution in [3.05, 3.63) is 98.8 Å². The third kappa shape index (κ3) is 4.13. The summed E-state index contributed by atoms with van der Waals surface area (Å²) in [5, 5.41) is 0. The fraction of sp³-hybridized carbons (Fsp3) is 0.200. The number of hydrogen-bond donors (Lipinski definition) is 1. The molecule has 1 aromatic heterocycles. The highest BCUT2D eigenvalue weighted by molar-refractivity contribution is 7.89. The molecule has 2 aromatic carbocycles. The molecule has 0 aliphatic carbocycles. The highest BCUT2D eigenvalue weighted by Crippen LogP contribution is 2.20. The highest BCUT2D eigenvalue weighted by atomic mass is 32.2. The normalized spacial score (nSPS) is 12.6. The molecule has 146 valence electrons. The van der Waals surface area contributed by atoms with Gasteiger partial charge in [-0.3, -0.25) is 9.36 Å². The largest absolute Gasteiger partial charge is 0.330 e. The van der Waals surface area contributed by atoms with Gasteiger partial charge >= 0.3 is 5.69 Å². The van der Waals surface area contributed by atoms with Crippen molar-refractivity contribution >= 4 is 10.0 Å². The number of aromatic nitrogens is 2. The van der Waals surface area contributed by atoms with E-state index in [-0.39, 0.29) is 0 Å². The van der Waals surface area contributed by atoms with Crippen LogP contribution in [0.2, 0.25) is 0 Å². The van der Waals surface area contributed by atoms with Crippen LogP contribution in [0.1, 0.15) is 17.2 Å². The van der Waals surface area contributed by atoms with Crippen LogP contribution in [0, 0.1) is 0 Å². The number of benzene rings is 2. The fourth-order valence-corrected chi connectivity index (χ4v) is 4.36. The van der Waals surface area contributed by atoms with E-state index >= 15 is 0 Å². The molecule has 8 heteroatoms. The van der Waals surface area contributed by atoms with Crippen molar-refractivity contribution in [2.24, 2.45) is 14.1 Å².